The average molecular weight is 286 g/mol. The van der Waals surface area contributed by atoms with Gasteiger partial charge in [0.25, 0.3) is 0 Å². The van der Waals surface area contributed by atoms with Gasteiger partial charge in [-0.15, -0.1) is 0 Å². The summed E-state index contributed by atoms with van der Waals surface area (Å²) < 4.78 is 10.8. The highest BCUT2D eigenvalue weighted by Gasteiger charge is 2.27. The Morgan fingerprint density at radius 2 is 2.21 bits per heavy atom. The number of phenols is 1. The van der Waals surface area contributed by atoms with Gasteiger partial charge in [-0.1, -0.05) is 11.6 Å². The van der Waals surface area contributed by atoms with Crippen molar-refractivity contribution in [2.75, 3.05) is 26.8 Å². The number of rotatable bonds is 3. The van der Waals surface area contributed by atoms with Gasteiger partial charge in [-0.05, 0) is 31.5 Å². The van der Waals surface area contributed by atoms with Crippen LogP contribution in [0.3, 0.4) is 0 Å². The highest BCUT2D eigenvalue weighted by Crippen LogP contribution is 2.35. The van der Waals surface area contributed by atoms with Gasteiger partial charge in [-0.25, -0.2) is 0 Å². The second-order valence-corrected chi connectivity index (χ2v) is 5.85. The predicted molar refractivity (Wildman–Crippen MR) is 75.0 cm³/mol. The van der Waals surface area contributed by atoms with E-state index in [4.69, 9.17) is 21.1 Å². The summed E-state index contributed by atoms with van der Waals surface area (Å²) in [7, 11) is 1.52. The maximum atomic E-state index is 9.72. The zero-order valence-electron chi connectivity index (χ0n) is 11.6. The molecule has 5 heteroatoms. The van der Waals surface area contributed by atoms with Crippen LogP contribution in [0.25, 0.3) is 0 Å². The lowest BCUT2D eigenvalue weighted by Gasteiger charge is -2.38. The van der Waals surface area contributed by atoms with E-state index in [0.29, 0.717) is 10.8 Å². The maximum absolute atomic E-state index is 9.72. The smallest absolute Gasteiger partial charge is 0.176 e. The van der Waals surface area contributed by atoms with Crippen molar-refractivity contribution in [3.8, 4) is 11.5 Å². The summed E-state index contributed by atoms with van der Waals surface area (Å²) in [6.45, 7) is 7.43. The van der Waals surface area contributed by atoms with E-state index in [1.165, 1.54) is 7.11 Å². The van der Waals surface area contributed by atoms with Crippen LogP contribution in [0.1, 0.15) is 19.4 Å². The lowest BCUT2D eigenvalue weighted by molar-refractivity contribution is -0.0882. The molecule has 0 unspecified atom stereocenters. The van der Waals surface area contributed by atoms with Gasteiger partial charge in [0, 0.05) is 19.6 Å². The molecule has 0 bridgehead atoms. The molecule has 1 heterocycles. The van der Waals surface area contributed by atoms with Gasteiger partial charge in [-0.3, -0.25) is 4.90 Å². The molecule has 4 nitrogen and oxygen atoms in total. The minimum Gasteiger partial charge on any atom is -0.503 e. The zero-order chi connectivity index (χ0) is 14.0. The first-order valence-electron chi connectivity index (χ1n) is 6.33. The number of benzene rings is 1. The summed E-state index contributed by atoms with van der Waals surface area (Å²) >= 11 is 6.00. The number of nitrogens with zero attached hydrogens (tertiary/aromatic N) is 1. The number of aromatic hydroxyl groups is 1. The minimum atomic E-state index is -0.122. The van der Waals surface area contributed by atoms with E-state index in [0.717, 1.165) is 31.8 Å². The van der Waals surface area contributed by atoms with Gasteiger partial charge in [0.2, 0.25) is 0 Å². The molecule has 1 saturated heterocycles. The molecule has 0 radical (unpaired) electrons. The first-order chi connectivity index (χ1) is 8.91. The van der Waals surface area contributed by atoms with Crippen molar-refractivity contribution in [2.24, 2.45) is 0 Å². The van der Waals surface area contributed by atoms with Crippen LogP contribution in [0.2, 0.25) is 5.02 Å². The van der Waals surface area contributed by atoms with E-state index in [1.807, 2.05) is 6.07 Å². The number of halogens is 1. The van der Waals surface area contributed by atoms with E-state index < -0.39 is 0 Å². The Bertz CT molecular complexity index is 462. The summed E-state index contributed by atoms with van der Waals surface area (Å²) in [4.78, 5) is 2.31. The lowest BCUT2D eigenvalue weighted by Crippen LogP contribution is -2.47. The molecule has 0 spiro atoms. The first-order valence-corrected chi connectivity index (χ1v) is 6.71. The number of phenolic OH excluding ortho intramolecular Hbond substituents is 1. The molecule has 1 aliphatic heterocycles. The first kappa shape index (κ1) is 14.4. The third kappa shape index (κ3) is 3.53. The molecule has 106 valence electrons. The van der Waals surface area contributed by atoms with E-state index in [9.17, 15) is 5.11 Å². The van der Waals surface area contributed by atoms with Crippen molar-refractivity contribution in [3.05, 3.63) is 22.7 Å². The van der Waals surface area contributed by atoms with Crippen LogP contribution >= 0.6 is 11.6 Å². The quantitative estimate of drug-likeness (QED) is 0.927. The van der Waals surface area contributed by atoms with Crippen molar-refractivity contribution in [1.29, 1.82) is 0 Å². The molecule has 0 saturated carbocycles. The standard InChI is InChI=1S/C14H20ClNO3/c1-14(2)9-16(4-5-19-14)8-10-6-11(15)13(17)12(7-10)18-3/h6-7,17H,4-5,8-9H2,1-3H3. The summed E-state index contributed by atoms with van der Waals surface area (Å²) in [6, 6.07) is 3.60. The molecule has 19 heavy (non-hydrogen) atoms. The third-order valence-electron chi connectivity index (χ3n) is 3.22. The van der Waals surface area contributed by atoms with Crippen molar-refractivity contribution < 1.29 is 14.6 Å². The molecule has 0 amide bonds. The highest BCUT2D eigenvalue weighted by molar-refractivity contribution is 6.32. The largest absolute Gasteiger partial charge is 0.503 e. The van der Waals surface area contributed by atoms with Crippen LogP contribution in [0, 0.1) is 0 Å². The Hall–Kier alpha value is -0.970. The number of ether oxygens (including phenoxy) is 2. The number of hydrogen-bond acceptors (Lipinski definition) is 4. The molecule has 1 aromatic carbocycles. The number of morpholine rings is 1. The van der Waals surface area contributed by atoms with Crippen molar-refractivity contribution in [2.45, 2.75) is 26.0 Å². The topological polar surface area (TPSA) is 41.9 Å². The van der Waals surface area contributed by atoms with E-state index in [1.54, 1.807) is 6.07 Å². The van der Waals surface area contributed by atoms with Crippen LogP contribution in [0.4, 0.5) is 0 Å². The lowest BCUT2D eigenvalue weighted by atomic mass is 10.1. The van der Waals surface area contributed by atoms with Crippen molar-refractivity contribution >= 4 is 11.6 Å². The van der Waals surface area contributed by atoms with E-state index >= 15 is 0 Å². The summed E-state index contributed by atoms with van der Waals surface area (Å²) in [5.74, 6) is 0.408. The number of methoxy groups -OCH3 is 1. The van der Waals surface area contributed by atoms with Crippen LogP contribution in [0.5, 0.6) is 11.5 Å². The van der Waals surface area contributed by atoms with Gasteiger partial charge >= 0.3 is 0 Å². The number of hydrogen-bond donors (Lipinski definition) is 1. The SMILES string of the molecule is COc1cc(CN2CCOC(C)(C)C2)cc(Cl)c1O. The Morgan fingerprint density at radius 3 is 2.84 bits per heavy atom. The monoisotopic (exact) mass is 285 g/mol. The van der Waals surface area contributed by atoms with Crippen molar-refractivity contribution in [3.63, 3.8) is 0 Å². The molecule has 0 aromatic heterocycles. The molecular formula is C14H20ClNO3. The fraction of sp³-hybridized carbons (Fsp3) is 0.571. The summed E-state index contributed by atoms with van der Waals surface area (Å²) in [5.41, 5.74) is 0.903. The predicted octanol–water partition coefficient (Wildman–Crippen LogP) is 2.67. The van der Waals surface area contributed by atoms with E-state index in [2.05, 4.69) is 18.7 Å². The second-order valence-electron chi connectivity index (χ2n) is 5.45. The zero-order valence-corrected chi connectivity index (χ0v) is 12.3. The molecule has 1 aromatic rings. The van der Waals surface area contributed by atoms with Crippen LogP contribution < -0.4 is 4.74 Å². The fourth-order valence-electron chi connectivity index (χ4n) is 2.38. The Kier molecular flexibility index (Phi) is 4.23. The summed E-state index contributed by atoms with van der Waals surface area (Å²) in [5, 5.41) is 10.0. The fourth-order valence-corrected chi connectivity index (χ4v) is 2.61. The van der Waals surface area contributed by atoms with Crippen LogP contribution in [-0.2, 0) is 11.3 Å². The van der Waals surface area contributed by atoms with Crippen LogP contribution in [0.15, 0.2) is 12.1 Å². The molecule has 1 aliphatic rings. The Morgan fingerprint density at radius 1 is 1.47 bits per heavy atom. The highest BCUT2D eigenvalue weighted by atomic mass is 35.5. The van der Waals surface area contributed by atoms with Gasteiger partial charge < -0.3 is 14.6 Å². The summed E-state index contributed by atoms with van der Waals surface area (Å²) in [6.07, 6.45) is 0. The maximum Gasteiger partial charge on any atom is 0.176 e. The molecular weight excluding hydrogens is 266 g/mol. The minimum absolute atomic E-state index is 0.00442. The normalized spacial score (nSPS) is 19.4. The Balaban J connectivity index is 2.13. The Labute approximate surface area is 118 Å². The molecule has 2 rings (SSSR count). The molecule has 1 fully saturated rings. The molecule has 0 atom stereocenters. The third-order valence-corrected chi connectivity index (χ3v) is 3.51. The van der Waals surface area contributed by atoms with E-state index in [-0.39, 0.29) is 11.4 Å². The van der Waals surface area contributed by atoms with Gasteiger partial charge in [-0.2, -0.15) is 0 Å². The van der Waals surface area contributed by atoms with Gasteiger partial charge in [0.15, 0.2) is 11.5 Å². The van der Waals surface area contributed by atoms with Crippen molar-refractivity contribution in [1.82, 2.24) is 4.90 Å². The van der Waals surface area contributed by atoms with Crippen LogP contribution in [-0.4, -0.2) is 42.4 Å². The van der Waals surface area contributed by atoms with Gasteiger partial charge in [0.1, 0.15) is 0 Å². The molecule has 1 N–H and O–H groups in total. The average Bonchev–Trinajstić information content (AvgIpc) is 2.32. The molecule has 0 aliphatic carbocycles. The second kappa shape index (κ2) is 5.57. The van der Waals surface area contributed by atoms with Gasteiger partial charge in [0.05, 0.1) is 24.3 Å².